The molecule has 0 amide bonds. The normalized spacial score (nSPS) is 19.9. The van der Waals surface area contributed by atoms with E-state index in [0.29, 0.717) is 24.2 Å². The molecule has 0 saturated carbocycles. The Morgan fingerprint density at radius 1 is 1.07 bits per heavy atom. The van der Waals surface area contributed by atoms with Crippen LogP contribution in [0, 0.1) is 0 Å². The van der Waals surface area contributed by atoms with E-state index in [0.717, 1.165) is 43.0 Å². The quantitative estimate of drug-likeness (QED) is 0.769. The van der Waals surface area contributed by atoms with Crippen molar-refractivity contribution < 1.29 is 17.9 Å². The third kappa shape index (κ3) is 3.74. The number of rotatable bonds is 5. The van der Waals surface area contributed by atoms with Gasteiger partial charge in [-0.1, -0.05) is 18.2 Å². The summed E-state index contributed by atoms with van der Waals surface area (Å²) in [6.45, 7) is 2.88. The monoisotopic (exact) mass is 402 g/mol. The zero-order valence-electron chi connectivity index (χ0n) is 16.3. The molecule has 2 heterocycles. The van der Waals surface area contributed by atoms with Crippen molar-refractivity contribution in [3.05, 3.63) is 53.6 Å². The van der Waals surface area contributed by atoms with E-state index in [1.54, 1.807) is 26.2 Å². The van der Waals surface area contributed by atoms with Gasteiger partial charge in [-0.25, -0.2) is 12.7 Å². The number of nitrogens with zero attached hydrogens (tertiary/aromatic N) is 2. The molecule has 7 heteroatoms. The lowest BCUT2D eigenvalue weighted by Gasteiger charge is -2.27. The summed E-state index contributed by atoms with van der Waals surface area (Å²) in [5.74, 6) is 1.62. The molecule has 2 aliphatic heterocycles. The molecule has 0 spiro atoms. The molecule has 0 radical (unpaired) electrons. The zero-order chi connectivity index (χ0) is 19.7. The summed E-state index contributed by atoms with van der Waals surface area (Å²) in [5, 5.41) is 0. The molecule has 2 aliphatic rings. The summed E-state index contributed by atoms with van der Waals surface area (Å²) in [5.41, 5.74) is 2.23. The highest BCUT2D eigenvalue weighted by Gasteiger charge is 2.28. The van der Waals surface area contributed by atoms with Gasteiger partial charge in [0.15, 0.2) is 11.5 Å². The maximum Gasteiger partial charge on any atom is 0.242 e. The lowest BCUT2D eigenvalue weighted by atomic mass is 10.0. The van der Waals surface area contributed by atoms with Crippen molar-refractivity contribution in [2.75, 3.05) is 33.9 Å². The highest BCUT2D eigenvalue weighted by molar-refractivity contribution is 7.89. The van der Waals surface area contributed by atoms with Crippen LogP contribution in [0.15, 0.2) is 47.4 Å². The van der Waals surface area contributed by atoms with Crippen LogP contribution in [0.3, 0.4) is 0 Å². The van der Waals surface area contributed by atoms with Crippen molar-refractivity contribution in [1.82, 2.24) is 9.21 Å². The van der Waals surface area contributed by atoms with Crippen LogP contribution in [0.5, 0.6) is 11.5 Å². The van der Waals surface area contributed by atoms with Crippen molar-refractivity contribution in [2.45, 2.75) is 30.3 Å². The van der Waals surface area contributed by atoms with Gasteiger partial charge in [-0.2, -0.15) is 0 Å². The van der Waals surface area contributed by atoms with Gasteiger partial charge in [0.2, 0.25) is 10.0 Å². The molecule has 1 fully saturated rings. The first-order chi connectivity index (χ1) is 13.4. The molecule has 1 unspecified atom stereocenters. The molecule has 150 valence electrons. The van der Waals surface area contributed by atoms with E-state index in [1.165, 1.54) is 9.87 Å². The van der Waals surface area contributed by atoms with Gasteiger partial charge in [-0.3, -0.25) is 4.90 Å². The number of hydrogen-bond acceptors (Lipinski definition) is 5. The minimum Gasteiger partial charge on any atom is -0.486 e. The van der Waals surface area contributed by atoms with Gasteiger partial charge in [0.25, 0.3) is 0 Å². The Bertz CT molecular complexity index is 959. The minimum absolute atomic E-state index is 0.296. The largest absolute Gasteiger partial charge is 0.486 e. The van der Waals surface area contributed by atoms with Gasteiger partial charge in [0, 0.05) is 26.7 Å². The number of benzene rings is 2. The molecule has 0 N–H and O–H groups in total. The summed E-state index contributed by atoms with van der Waals surface area (Å²) in [6.07, 6.45) is 2.20. The first-order valence-corrected chi connectivity index (χ1v) is 11.0. The van der Waals surface area contributed by atoms with Crippen LogP contribution in [0.4, 0.5) is 0 Å². The first-order valence-electron chi connectivity index (χ1n) is 9.60. The second-order valence-corrected chi connectivity index (χ2v) is 9.62. The lowest BCUT2D eigenvalue weighted by molar-refractivity contribution is 0.170. The molecule has 1 saturated heterocycles. The van der Waals surface area contributed by atoms with Crippen molar-refractivity contribution in [3.8, 4) is 11.5 Å². The van der Waals surface area contributed by atoms with Crippen molar-refractivity contribution >= 4 is 10.0 Å². The molecule has 0 aromatic heterocycles. The zero-order valence-corrected chi connectivity index (χ0v) is 17.1. The predicted octanol–water partition coefficient (Wildman–Crippen LogP) is 3.05. The smallest absolute Gasteiger partial charge is 0.242 e. The van der Waals surface area contributed by atoms with Crippen molar-refractivity contribution in [3.63, 3.8) is 0 Å². The van der Waals surface area contributed by atoms with E-state index in [1.807, 2.05) is 18.2 Å². The standard InChI is InChI=1S/C21H26N2O4S/c1-22(2)28(24,25)18-6-3-5-16(13-18)15-23-10-4-7-19(23)17-8-9-20-21(14-17)27-12-11-26-20/h3,5-6,8-9,13-14,19H,4,7,10-12,15H2,1-2H3. The summed E-state index contributed by atoms with van der Waals surface area (Å²) < 4.78 is 37.5. The van der Waals surface area contributed by atoms with Crippen LogP contribution in [-0.4, -0.2) is 51.5 Å². The Labute approximate surface area is 166 Å². The molecular weight excluding hydrogens is 376 g/mol. The van der Waals surface area contributed by atoms with Gasteiger partial charge in [-0.05, 0) is 54.8 Å². The SMILES string of the molecule is CN(C)S(=O)(=O)c1cccc(CN2CCCC2c2ccc3c(c2)OCCO3)c1. The average molecular weight is 403 g/mol. The summed E-state index contributed by atoms with van der Waals surface area (Å²) in [4.78, 5) is 2.75. The second kappa shape index (κ2) is 7.73. The molecule has 1 atom stereocenters. The Hall–Kier alpha value is -2.09. The van der Waals surface area contributed by atoms with Crippen molar-refractivity contribution in [1.29, 1.82) is 0 Å². The Balaban J connectivity index is 1.55. The topological polar surface area (TPSA) is 59.1 Å². The van der Waals surface area contributed by atoms with Gasteiger partial charge in [0.05, 0.1) is 4.90 Å². The fraction of sp³-hybridized carbons (Fsp3) is 0.429. The fourth-order valence-corrected chi connectivity index (χ4v) is 4.88. The number of fused-ring (bicyclic) bond motifs is 1. The maximum atomic E-state index is 12.4. The van der Waals surface area contributed by atoms with Gasteiger partial charge >= 0.3 is 0 Å². The van der Waals surface area contributed by atoms with E-state index < -0.39 is 10.0 Å². The fourth-order valence-electron chi connectivity index (χ4n) is 3.91. The second-order valence-electron chi connectivity index (χ2n) is 7.47. The molecule has 2 aromatic carbocycles. The van der Waals surface area contributed by atoms with Gasteiger partial charge in [-0.15, -0.1) is 0 Å². The number of hydrogen-bond donors (Lipinski definition) is 0. The number of likely N-dealkylation sites (tertiary alicyclic amines) is 1. The Kier molecular flexibility index (Phi) is 5.31. The summed E-state index contributed by atoms with van der Waals surface area (Å²) in [6, 6.07) is 13.7. The van der Waals surface area contributed by atoms with E-state index in [-0.39, 0.29) is 0 Å². The third-order valence-electron chi connectivity index (χ3n) is 5.38. The van der Waals surface area contributed by atoms with Crippen LogP contribution in [-0.2, 0) is 16.6 Å². The molecule has 2 aromatic rings. The van der Waals surface area contributed by atoms with Gasteiger partial charge in [0.1, 0.15) is 13.2 Å². The number of ether oxygens (including phenoxy) is 2. The average Bonchev–Trinajstić information content (AvgIpc) is 3.15. The van der Waals surface area contributed by atoms with E-state index in [4.69, 9.17) is 9.47 Å². The van der Waals surface area contributed by atoms with Crippen LogP contribution < -0.4 is 9.47 Å². The highest BCUT2D eigenvalue weighted by Crippen LogP contribution is 2.38. The third-order valence-corrected chi connectivity index (χ3v) is 7.19. The van der Waals surface area contributed by atoms with Crippen LogP contribution >= 0.6 is 0 Å². The Morgan fingerprint density at radius 3 is 2.64 bits per heavy atom. The first kappa shape index (κ1) is 19.2. The highest BCUT2D eigenvalue weighted by atomic mass is 32.2. The van der Waals surface area contributed by atoms with E-state index in [2.05, 4.69) is 17.0 Å². The molecular formula is C21H26N2O4S. The number of sulfonamides is 1. The predicted molar refractivity (Wildman–Crippen MR) is 107 cm³/mol. The molecule has 0 bridgehead atoms. The Morgan fingerprint density at radius 2 is 1.86 bits per heavy atom. The maximum absolute atomic E-state index is 12.4. The minimum atomic E-state index is -3.42. The molecule has 4 rings (SSSR count). The van der Waals surface area contributed by atoms with E-state index in [9.17, 15) is 8.42 Å². The van der Waals surface area contributed by atoms with Crippen LogP contribution in [0.1, 0.15) is 30.0 Å². The summed E-state index contributed by atoms with van der Waals surface area (Å²) in [7, 11) is -0.313. The summed E-state index contributed by atoms with van der Waals surface area (Å²) >= 11 is 0. The van der Waals surface area contributed by atoms with Gasteiger partial charge < -0.3 is 9.47 Å². The molecule has 0 aliphatic carbocycles. The van der Waals surface area contributed by atoms with Crippen molar-refractivity contribution in [2.24, 2.45) is 0 Å². The molecule has 6 nitrogen and oxygen atoms in total. The van der Waals surface area contributed by atoms with E-state index >= 15 is 0 Å². The van der Waals surface area contributed by atoms with Crippen LogP contribution in [0.25, 0.3) is 0 Å². The lowest BCUT2D eigenvalue weighted by Crippen LogP contribution is -2.24. The molecule has 28 heavy (non-hydrogen) atoms. The van der Waals surface area contributed by atoms with Crippen LogP contribution in [0.2, 0.25) is 0 Å².